The van der Waals surface area contributed by atoms with Crippen LogP contribution in [0.25, 0.3) is 0 Å². The molecule has 1 heterocycles. The van der Waals surface area contributed by atoms with Crippen LogP contribution in [0.1, 0.15) is 35.7 Å². The molecule has 0 aliphatic rings. The minimum absolute atomic E-state index is 0.112. The van der Waals surface area contributed by atoms with Gasteiger partial charge in [0.25, 0.3) is 0 Å². The fourth-order valence-electron chi connectivity index (χ4n) is 1.36. The monoisotopic (exact) mass is 271 g/mol. The highest BCUT2D eigenvalue weighted by atomic mass is 32.1. The SMILES string of the molecule is Cc1cnc(C(C)NC(=O)C(N)CCC(=O)O)s1. The van der Waals surface area contributed by atoms with E-state index in [2.05, 4.69) is 10.3 Å². The van der Waals surface area contributed by atoms with Crippen molar-refractivity contribution in [1.82, 2.24) is 10.3 Å². The van der Waals surface area contributed by atoms with Crippen LogP contribution in [0.15, 0.2) is 6.20 Å². The maximum Gasteiger partial charge on any atom is 0.303 e. The summed E-state index contributed by atoms with van der Waals surface area (Å²) in [4.78, 5) is 27.3. The highest BCUT2D eigenvalue weighted by molar-refractivity contribution is 7.11. The van der Waals surface area contributed by atoms with Crippen LogP contribution in [0.2, 0.25) is 0 Å². The van der Waals surface area contributed by atoms with Crippen molar-refractivity contribution in [3.63, 3.8) is 0 Å². The molecule has 0 radical (unpaired) electrons. The first-order valence-corrected chi connectivity index (χ1v) is 6.42. The molecule has 2 unspecified atom stereocenters. The second-order valence-electron chi connectivity index (χ2n) is 4.08. The van der Waals surface area contributed by atoms with Gasteiger partial charge < -0.3 is 16.2 Å². The van der Waals surface area contributed by atoms with Gasteiger partial charge in [0, 0.05) is 17.5 Å². The number of carbonyl (C=O) groups excluding carboxylic acids is 1. The molecule has 4 N–H and O–H groups in total. The van der Waals surface area contributed by atoms with Gasteiger partial charge in [-0.25, -0.2) is 4.98 Å². The van der Waals surface area contributed by atoms with E-state index in [4.69, 9.17) is 10.8 Å². The smallest absolute Gasteiger partial charge is 0.303 e. The van der Waals surface area contributed by atoms with Gasteiger partial charge in [0.1, 0.15) is 5.01 Å². The highest BCUT2D eigenvalue weighted by Crippen LogP contribution is 2.18. The van der Waals surface area contributed by atoms with Crippen LogP contribution in [-0.2, 0) is 9.59 Å². The number of rotatable bonds is 6. The summed E-state index contributed by atoms with van der Waals surface area (Å²) in [7, 11) is 0. The van der Waals surface area contributed by atoms with Crippen LogP contribution in [0, 0.1) is 6.92 Å². The molecule has 0 fully saturated rings. The Morgan fingerprint density at radius 1 is 1.61 bits per heavy atom. The fraction of sp³-hybridized carbons (Fsp3) is 0.545. The molecule has 6 nitrogen and oxygen atoms in total. The molecule has 1 amide bonds. The number of carboxylic acid groups (broad SMARTS) is 1. The van der Waals surface area contributed by atoms with Crippen LogP contribution >= 0.6 is 11.3 Å². The number of nitrogens with one attached hydrogen (secondary N) is 1. The molecule has 18 heavy (non-hydrogen) atoms. The quantitative estimate of drug-likeness (QED) is 0.710. The average Bonchev–Trinajstić information content (AvgIpc) is 2.72. The topological polar surface area (TPSA) is 105 Å². The fourth-order valence-corrected chi connectivity index (χ4v) is 2.14. The second kappa shape index (κ2) is 6.46. The highest BCUT2D eigenvalue weighted by Gasteiger charge is 2.18. The number of amides is 1. The Morgan fingerprint density at radius 3 is 2.78 bits per heavy atom. The number of carbonyl (C=O) groups is 2. The van der Waals surface area contributed by atoms with E-state index < -0.39 is 12.0 Å². The molecule has 7 heteroatoms. The minimum Gasteiger partial charge on any atom is -0.481 e. The van der Waals surface area contributed by atoms with Crippen molar-refractivity contribution in [3.05, 3.63) is 16.1 Å². The molecular weight excluding hydrogens is 254 g/mol. The Bertz CT molecular complexity index is 433. The van der Waals surface area contributed by atoms with E-state index in [0.717, 1.165) is 9.88 Å². The van der Waals surface area contributed by atoms with E-state index >= 15 is 0 Å². The Labute approximate surface area is 109 Å². The lowest BCUT2D eigenvalue weighted by Gasteiger charge is -2.15. The van der Waals surface area contributed by atoms with Crippen LogP contribution < -0.4 is 11.1 Å². The van der Waals surface area contributed by atoms with E-state index in [1.807, 2.05) is 13.8 Å². The Balaban J connectivity index is 2.46. The molecule has 0 aliphatic heterocycles. The van der Waals surface area contributed by atoms with Crippen LogP contribution in [0.4, 0.5) is 0 Å². The zero-order chi connectivity index (χ0) is 13.7. The molecule has 1 rings (SSSR count). The number of hydrogen-bond donors (Lipinski definition) is 3. The summed E-state index contributed by atoms with van der Waals surface area (Å²) >= 11 is 1.51. The normalized spacial score (nSPS) is 13.9. The summed E-state index contributed by atoms with van der Waals surface area (Å²) in [5.41, 5.74) is 5.60. The van der Waals surface area contributed by atoms with Gasteiger partial charge >= 0.3 is 5.97 Å². The molecule has 1 aromatic rings. The van der Waals surface area contributed by atoms with Crippen LogP contribution in [0.3, 0.4) is 0 Å². The van der Waals surface area contributed by atoms with Crippen molar-refractivity contribution < 1.29 is 14.7 Å². The number of hydrogen-bond acceptors (Lipinski definition) is 5. The predicted molar refractivity (Wildman–Crippen MR) is 68.3 cm³/mol. The van der Waals surface area contributed by atoms with Gasteiger partial charge in [-0.2, -0.15) is 0 Å². The summed E-state index contributed by atoms with van der Waals surface area (Å²) in [6, 6.07) is -1.02. The summed E-state index contributed by atoms with van der Waals surface area (Å²) in [6.45, 7) is 3.76. The number of nitrogens with zero attached hydrogens (tertiary/aromatic N) is 1. The lowest BCUT2D eigenvalue weighted by Crippen LogP contribution is -2.41. The van der Waals surface area contributed by atoms with E-state index in [1.165, 1.54) is 11.3 Å². The third kappa shape index (κ3) is 4.42. The number of aryl methyl sites for hydroxylation is 1. The predicted octanol–water partition coefficient (Wildman–Crippen LogP) is 0.821. The van der Waals surface area contributed by atoms with Crippen molar-refractivity contribution in [3.8, 4) is 0 Å². The van der Waals surface area contributed by atoms with Gasteiger partial charge in [0.15, 0.2) is 0 Å². The molecule has 0 aromatic carbocycles. The lowest BCUT2D eigenvalue weighted by molar-refractivity contribution is -0.137. The molecule has 0 bridgehead atoms. The molecule has 0 spiro atoms. The first kappa shape index (κ1) is 14.6. The second-order valence-corrected chi connectivity index (χ2v) is 5.34. The summed E-state index contributed by atoms with van der Waals surface area (Å²) in [5.74, 6) is -1.31. The minimum atomic E-state index is -0.957. The van der Waals surface area contributed by atoms with Gasteiger partial charge in [0.05, 0.1) is 12.1 Å². The largest absolute Gasteiger partial charge is 0.481 e. The maximum atomic E-state index is 11.7. The lowest BCUT2D eigenvalue weighted by atomic mass is 10.1. The van der Waals surface area contributed by atoms with Crippen molar-refractivity contribution in [2.45, 2.75) is 38.8 Å². The van der Waals surface area contributed by atoms with E-state index in [9.17, 15) is 9.59 Å². The van der Waals surface area contributed by atoms with Crippen LogP contribution in [-0.4, -0.2) is 28.0 Å². The first-order valence-electron chi connectivity index (χ1n) is 5.60. The van der Waals surface area contributed by atoms with Crippen molar-refractivity contribution in [2.75, 3.05) is 0 Å². The van der Waals surface area contributed by atoms with Gasteiger partial charge in [-0.05, 0) is 20.3 Å². The zero-order valence-corrected chi connectivity index (χ0v) is 11.2. The molecule has 0 saturated heterocycles. The summed E-state index contributed by atoms with van der Waals surface area (Å²) < 4.78 is 0. The Hall–Kier alpha value is -1.47. The number of aromatic nitrogens is 1. The van der Waals surface area contributed by atoms with Crippen molar-refractivity contribution in [1.29, 1.82) is 0 Å². The first-order chi connectivity index (χ1) is 8.40. The number of thiazole rings is 1. The number of nitrogens with two attached hydrogens (primary N) is 1. The number of carboxylic acids is 1. The van der Waals surface area contributed by atoms with Crippen molar-refractivity contribution in [2.24, 2.45) is 5.73 Å². The third-order valence-electron chi connectivity index (χ3n) is 2.37. The Morgan fingerprint density at radius 2 is 2.28 bits per heavy atom. The number of aliphatic carboxylic acids is 1. The van der Waals surface area contributed by atoms with Crippen molar-refractivity contribution >= 4 is 23.2 Å². The van der Waals surface area contributed by atoms with Gasteiger partial charge in [-0.3, -0.25) is 9.59 Å². The zero-order valence-electron chi connectivity index (χ0n) is 10.3. The Kier molecular flexibility index (Phi) is 5.24. The molecule has 0 saturated carbocycles. The maximum absolute atomic E-state index is 11.7. The summed E-state index contributed by atoms with van der Waals surface area (Å²) in [6.07, 6.45) is 1.76. The molecule has 100 valence electrons. The average molecular weight is 271 g/mol. The van der Waals surface area contributed by atoms with E-state index in [1.54, 1.807) is 6.20 Å². The molecule has 2 atom stereocenters. The molecular formula is C11H17N3O3S. The third-order valence-corrected chi connectivity index (χ3v) is 3.47. The van der Waals surface area contributed by atoms with E-state index in [-0.39, 0.29) is 24.8 Å². The van der Waals surface area contributed by atoms with Gasteiger partial charge in [0.2, 0.25) is 5.91 Å². The van der Waals surface area contributed by atoms with Gasteiger partial charge in [-0.15, -0.1) is 11.3 Å². The summed E-state index contributed by atoms with van der Waals surface area (Å²) in [5, 5.41) is 12.0. The molecule has 1 aromatic heterocycles. The van der Waals surface area contributed by atoms with E-state index in [0.29, 0.717) is 0 Å². The van der Waals surface area contributed by atoms with Gasteiger partial charge in [-0.1, -0.05) is 0 Å². The molecule has 0 aliphatic carbocycles. The standard InChI is InChI=1S/C11H17N3O3S/c1-6-5-13-11(18-6)7(2)14-10(17)8(12)3-4-9(15)16/h5,7-8H,3-4,12H2,1-2H3,(H,14,17)(H,15,16). The van der Waals surface area contributed by atoms with Crippen LogP contribution in [0.5, 0.6) is 0 Å².